The summed E-state index contributed by atoms with van der Waals surface area (Å²) in [5, 5.41) is 16.9. The lowest BCUT2D eigenvalue weighted by atomic mass is 10.4. The van der Waals surface area contributed by atoms with Crippen molar-refractivity contribution in [3.8, 4) is 0 Å². The number of carbonyl (C=O) groups excluding carboxylic acids is 1. The van der Waals surface area contributed by atoms with Crippen LogP contribution in [0.2, 0.25) is 0 Å². The highest BCUT2D eigenvalue weighted by Crippen LogP contribution is 2.09. The third-order valence-electron chi connectivity index (χ3n) is 0.858. The summed E-state index contributed by atoms with van der Waals surface area (Å²) in [4.78, 5) is 13.0. The van der Waals surface area contributed by atoms with E-state index in [1.807, 2.05) is 0 Å². The Bertz CT molecular complexity index is 294. The first-order chi connectivity index (χ1) is 4.75. The van der Waals surface area contributed by atoms with Crippen LogP contribution in [0.1, 0.15) is 10.5 Å². The Morgan fingerprint density at radius 1 is 1.70 bits per heavy atom. The van der Waals surface area contributed by atoms with Crippen molar-refractivity contribution < 1.29 is 4.79 Å². The number of rotatable bonds is 1. The zero-order valence-corrected chi connectivity index (χ0v) is 4.77. The Morgan fingerprint density at radius 3 is 2.80 bits per heavy atom. The zero-order valence-electron chi connectivity index (χ0n) is 4.77. The van der Waals surface area contributed by atoms with Gasteiger partial charge in [-0.15, -0.1) is 5.10 Å². The summed E-state index contributed by atoms with van der Waals surface area (Å²) in [5.74, 6) is -0.992. The fraction of sp³-hybridized carbons (Fsp3) is 0. The second-order valence-corrected chi connectivity index (χ2v) is 1.46. The molecule has 0 aromatic carbocycles. The Labute approximate surface area is 54.8 Å². The van der Waals surface area contributed by atoms with E-state index in [4.69, 9.17) is 11.1 Å². The number of carbonyl (C=O) groups is 1. The molecule has 1 rings (SSSR count). The summed E-state index contributed by atoms with van der Waals surface area (Å²) in [6, 6.07) is 0. The number of primary amides is 1. The first-order valence-electron chi connectivity index (χ1n) is 2.31. The van der Waals surface area contributed by atoms with Gasteiger partial charge in [-0.25, -0.2) is 0 Å². The Kier molecular flexibility index (Phi) is 1.29. The van der Waals surface area contributed by atoms with Crippen molar-refractivity contribution in [2.75, 3.05) is 0 Å². The molecule has 7 nitrogen and oxygen atoms in total. The highest BCUT2D eigenvalue weighted by Gasteiger charge is 2.23. The van der Waals surface area contributed by atoms with Gasteiger partial charge in [0, 0.05) is 4.98 Å². The minimum atomic E-state index is -0.790. The third kappa shape index (κ3) is 0.775. The number of hydrogen-bond acceptors (Lipinski definition) is 4. The van der Waals surface area contributed by atoms with Crippen molar-refractivity contribution in [3.63, 3.8) is 0 Å². The fourth-order valence-corrected chi connectivity index (χ4v) is 0.460. The van der Waals surface area contributed by atoms with Gasteiger partial charge >= 0.3 is 5.82 Å². The van der Waals surface area contributed by atoms with Crippen molar-refractivity contribution in [2.24, 2.45) is 5.73 Å². The van der Waals surface area contributed by atoms with Crippen LogP contribution >= 0.6 is 0 Å². The minimum Gasteiger partial charge on any atom is -0.364 e. The zero-order chi connectivity index (χ0) is 7.56. The molecule has 0 fully saturated rings. The predicted molar refractivity (Wildman–Crippen MR) is 29.6 cm³/mol. The fourth-order valence-electron chi connectivity index (χ4n) is 0.460. The number of aromatic amines is 1. The van der Waals surface area contributed by atoms with Gasteiger partial charge in [-0.1, -0.05) is 5.21 Å². The lowest BCUT2D eigenvalue weighted by Gasteiger charge is -1.74. The molecule has 1 aromatic rings. The lowest BCUT2D eigenvalue weighted by Crippen LogP contribution is -2.11. The second kappa shape index (κ2) is 2.10. The maximum atomic E-state index is 10.4. The third-order valence-corrected chi connectivity index (χ3v) is 0.858. The molecular weight excluding hydrogens is 136 g/mol. The minimum absolute atomic E-state index is 0.178. The summed E-state index contributed by atoms with van der Waals surface area (Å²) >= 11 is 0. The molecule has 0 radical (unpaired) electrons. The van der Waals surface area contributed by atoms with Crippen molar-refractivity contribution in [3.05, 3.63) is 10.7 Å². The van der Waals surface area contributed by atoms with E-state index in [2.05, 4.69) is 20.4 Å². The molecule has 0 atom stereocenters. The van der Waals surface area contributed by atoms with Gasteiger partial charge in [0.1, 0.15) is 0 Å². The van der Waals surface area contributed by atoms with Crippen molar-refractivity contribution in [2.45, 2.75) is 0 Å². The van der Waals surface area contributed by atoms with Crippen LogP contribution in [0.3, 0.4) is 0 Å². The molecule has 1 heterocycles. The molecule has 0 aliphatic rings. The molecule has 1 aromatic heterocycles. The summed E-state index contributed by atoms with van der Waals surface area (Å²) in [6.07, 6.45) is 0. The number of aromatic nitrogens is 3. The maximum absolute atomic E-state index is 10.4. The SMILES string of the molecule is N#[N+]c1n[nH]nc1C(N)=O. The average molecular weight is 139 g/mol. The number of nitrogens with one attached hydrogen (secondary N) is 1. The molecule has 7 heteroatoms. The standard InChI is InChI=1S/C3H2N6O/c4-2(10)1-3(6-5)8-9-7-1/h(H2-,4,7,8,9,10)/p+1. The molecule has 10 heavy (non-hydrogen) atoms. The van der Waals surface area contributed by atoms with E-state index in [-0.39, 0.29) is 11.5 Å². The van der Waals surface area contributed by atoms with Crippen LogP contribution in [0.15, 0.2) is 0 Å². The number of nitrogens with zero attached hydrogens (tertiary/aromatic N) is 4. The first-order valence-corrected chi connectivity index (χ1v) is 2.31. The van der Waals surface area contributed by atoms with Crippen molar-refractivity contribution >= 4 is 11.7 Å². The molecule has 3 N–H and O–H groups in total. The number of hydrogen-bond donors (Lipinski definition) is 2. The van der Waals surface area contributed by atoms with Crippen LogP contribution in [0.5, 0.6) is 0 Å². The molecule has 0 bridgehead atoms. The van der Waals surface area contributed by atoms with E-state index >= 15 is 0 Å². The van der Waals surface area contributed by atoms with E-state index in [1.165, 1.54) is 0 Å². The molecule has 0 aliphatic heterocycles. The Morgan fingerprint density at radius 2 is 2.40 bits per heavy atom. The van der Waals surface area contributed by atoms with Gasteiger partial charge in [-0.2, -0.15) is 0 Å². The van der Waals surface area contributed by atoms with Crippen molar-refractivity contribution in [1.29, 1.82) is 5.39 Å². The van der Waals surface area contributed by atoms with Crippen LogP contribution in [-0.4, -0.2) is 21.3 Å². The molecule has 0 saturated heterocycles. The van der Waals surface area contributed by atoms with Crippen LogP contribution in [0, 0.1) is 5.39 Å². The van der Waals surface area contributed by atoms with Gasteiger partial charge in [-0.05, 0) is 0 Å². The molecule has 0 unspecified atom stereocenters. The van der Waals surface area contributed by atoms with E-state index in [9.17, 15) is 4.79 Å². The molecular formula is C3H3N6O+. The van der Waals surface area contributed by atoms with E-state index in [0.717, 1.165) is 0 Å². The average Bonchev–Trinajstić information content (AvgIpc) is 2.33. The van der Waals surface area contributed by atoms with Gasteiger partial charge in [0.15, 0.2) is 0 Å². The number of nitrogens with two attached hydrogens (primary N) is 1. The molecule has 0 aliphatic carbocycles. The van der Waals surface area contributed by atoms with Crippen LogP contribution in [0.4, 0.5) is 5.82 Å². The topological polar surface area (TPSA) is 113 Å². The Hall–Kier alpha value is -1.97. The maximum Gasteiger partial charge on any atom is 0.520 e. The summed E-state index contributed by atoms with van der Waals surface area (Å²) < 4.78 is 0. The number of amides is 1. The first kappa shape index (κ1) is 6.15. The summed E-state index contributed by atoms with van der Waals surface area (Å²) in [5.41, 5.74) is 4.62. The second-order valence-electron chi connectivity index (χ2n) is 1.46. The monoisotopic (exact) mass is 139 g/mol. The van der Waals surface area contributed by atoms with Crippen molar-refractivity contribution in [1.82, 2.24) is 15.4 Å². The molecule has 1 amide bonds. The van der Waals surface area contributed by atoms with Gasteiger partial charge < -0.3 is 5.73 Å². The molecule has 0 spiro atoms. The van der Waals surface area contributed by atoms with E-state index < -0.39 is 5.91 Å². The molecule has 50 valence electrons. The smallest absolute Gasteiger partial charge is 0.364 e. The quantitative estimate of drug-likeness (QED) is 0.505. The van der Waals surface area contributed by atoms with Gasteiger partial charge in [0.2, 0.25) is 0 Å². The highest BCUT2D eigenvalue weighted by molar-refractivity contribution is 5.95. The largest absolute Gasteiger partial charge is 0.520 e. The van der Waals surface area contributed by atoms with E-state index in [1.54, 1.807) is 0 Å². The summed E-state index contributed by atoms with van der Waals surface area (Å²) in [6.45, 7) is 0. The summed E-state index contributed by atoms with van der Waals surface area (Å²) in [7, 11) is 0. The Balaban J connectivity index is 3.17. The van der Waals surface area contributed by atoms with Gasteiger partial charge in [0.25, 0.3) is 11.6 Å². The van der Waals surface area contributed by atoms with Crippen LogP contribution < -0.4 is 5.73 Å². The predicted octanol–water partition coefficient (Wildman–Crippen LogP) is -0.612. The van der Waals surface area contributed by atoms with Crippen LogP contribution in [0.25, 0.3) is 4.98 Å². The lowest BCUT2D eigenvalue weighted by molar-refractivity contribution is 0.0996. The van der Waals surface area contributed by atoms with E-state index in [0.29, 0.717) is 0 Å². The number of H-pyrrole nitrogens is 1. The number of diazo groups is 1. The highest BCUT2D eigenvalue weighted by atomic mass is 16.1. The molecule has 0 saturated carbocycles. The van der Waals surface area contributed by atoms with Gasteiger partial charge in [-0.3, -0.25) is 4.79 Å². The van der Waals surface area contributed by atoms with Crippen LogP contribution in [-0.2, 0) is 0 Å². The van der Waals surface area contributed by atoms with Gasteiger partial charge in [0.05, 0.1) is 10.5 Å². The normalized spacial score (nSPS) is 8.70.